The van der Waals surface area contributed by atoms with Crippen molar-refractivity contribution in [3.8, 4) is 17.1 Å². The van der Waals surface area contributed by atoms with Gasteiger partial charge in [0.05, 0.1) is 35.4 Å². The Labute approximate surface area is 230 Å². The first-order chi connectivity index (χ1) is 18.7. The summed E-state index contributed by atoms with van der Waals surface area (Å²) in [5.41, 5.74) is 5.07. The van der Waals surface area contributed by atoms with Gasteiger partial charge in [-0.1, -0.05) is 20.8 Å². The Hall–Kier alpha value is -3.73. The fraction of sp³-hybridized carbons (Fsp3) is 0.429. The van der Waals surface area contributed by atoms with Crippen LogP contribution in [-0.4, -0.2) is 55.5 Å². The maximum Gasteiger partial charge on any atom is 0.280 e. The molecule has 1 amide bonds. The number of carbonyl (C=O) groups excluding carboxylic acids is 1. The van der Waals surface area contributed by atoms with E-state index in [1.165, 1.54) is 0 Å². The molecule has 0 aliphatic carbocycles. The Morgan fingerprint density at radius 2 is 2.00 bits per heavy atom. The highest BCUT2D eigenvalue weighted by Gasteiger charge is 2.29. The van der Waals surface area contributed by atoms with E-state index in [9.17, 15) is 9.00 Å². The topological polar surface area (TPSA) is 114 Å². The third kappa shape index (κ3) is 5.54. The number of guanidine groups is 1. The van der Waals surface area contributed by atoms with E-state index in [0.717, 1.165) is 35.5 Å². The Kier molecular flexibility index (Phi) is 7.44. The largest absolute Gasteiger partial charge is 0.477 e. The standard InChI is InChI=1S/C28H37N7O3S/c1-6-39(37,7-2)33-21-10-11-23-25(15-21)35-17-18(3)9-8-12-38-27-22(16-29-34(27)5)24-14-20(13-19(4)30-24)26(36)32-28(35)31-23/h10-11,13-16,18,39H,6-9,12,17H2,1-5H3,(H,33,37)(H,31,32,36)/t18-/m1/s1. The first-order valence-corrected chi connectivity index (χ1v) is 15.6. The lowest BCUT2D eigenvalue weighted by atomic mass is 10.1. The van der Waals surface area contributed by atoms with Gasteiger partial charge in [-0.25, -0.2) is 4.68 Å². The lowest BCUT2D eigenvalue weighted by Crippen LogP contribution is -2.35. The molecule has 2 bridgehead atoms. The molecule has 2 aliphatic rings. The van der Waals surface area contributed by atoms with Gasteiger partial charge in [0.2, 0.25) is 11.8 Å². The van der Waals surface area contributed by atoms with Gasteiger partial charge in [-0.3, -0.25) is 14.0 Å². The molecule has 0 spiro atoms. The van der Waals surface area contributed by atoms with E-state index in [2.05, 4.69) is 36.9 Å². The normalized spacial score (nSPS) is 19.3. The second kappa shape index (κ2) is 10.8. The third-order valence-electron chi connectivity index (χ3n) is 7.29. The molecule has 208 valence electrons. The number of carbonyl (C=O) groups is 1. The number of amides is 1. The van der Waals surface area contributed by atoms with Gasteiger partial charge in [0.15, 0.2) is 0 Å². The number of aryl methyl sites for hydroxylation is 2. The highest BCUT2D eigenvalue weighted by molar-refractivity contribution is 8.04. The molecule has 4 heterocycles. The Balaban J connectivity index is 1.55. The Bertz CT molecular complexity index is 1470. The van der Waals surface area contributed by atoms with Gasteiger partial charge in [0, 0.05) is 42.0 Å². The van der Waals surface area contributed by atoms with Crippen LogP contribution < -0.4 is 19.7 Å². The number of aromatic nitrogens is 3. The first-order valence-electron chi connectivity index (χ1n) is 13.5. The molecule has 0 fully saturated rings. The van der Waals surface area contributed by atoms with E-state index in [0.29, 0.717) is 53.4 Å². The number of hydrogen-bond donors (Lipinski definition) is 3. The van der Waals surface area contributed by atoms with Crippen LogP contribution in [0.2, 0.25) is 0 Å². The first kappa shape index (κ1) is 26.9. The quantitative estimate of drug-likeness (QED) is 0.412. The molecule has 5 rings (SSSR count). The predicted octanol–water partition coefficient (Wildman–Crippen LogP) is 4.41. The van der Waals surface area contributed by atoms with Crippen LogP contribution in [-0.2, 0) is 17.2 Å². The number of rotatable bonds is 4. The number of aliphatic imine (C=N–C) groups is 1. The number of fused-ring (bicyclic) bond motifs is 7. The van der Waals surface area contributed by atoms with Crippen molar-refractivity contribution in [2.45, 2.75) is 40.5 Å². The van der Waals surface area contributed by atoms with Gasteiger partial charge in [-0.15, -0.1) is 0 Å². The number of nitrogens with zero attached hydrogens (tertiary/aromatic N) is 5. The number of hydrogen-bond acceptors (Lipinski definition) is 7. The Morgan fingerprint density at radius 3 is 2.77 bits per heavy atom. The van der Waals surface area contributed by atoms with E-state index in [1.807, 2.05) is 46.0 Å². The SMILES string of the molecule is CC[SH](=O)(CC)Nc1ccc2c(c1)N1C[C@H](C)CCCOc3c(cnn3C)-c3cc(cc(C)n3)C(=O)/N=C/1N2. The number of nitrogens with one attached hydrogen (secondary N) is 2. The number of thiol groups is 1. The zero-order valence-electron chi connectivity index (χ0n) is 23.2. The van der Waals surface area contributed by atoms with Crippen molar-refractivity contribution in [1.82, 2.24) is 14.8 Å². The van der Waals surface area contributed by atoms with Crippen LogP contribution in [0.3, 0.4) is 0 Å². The minimum absolute atomic E-state index is 0.289. The molecule has 0 unspecified atom stereocenters. The number of pyridine rings is 1. The van der Waals surface area contributed by atoms with Crippen molar-refractivity contribution in [3.63, 3.8) is 0 Å². The highest BCUT2D eigenvalue weighted by atomic mass is 32.3. The molecule has 0 radical (unpaired) electrons. The molecule has 2 N–H and O–H groups in total. The highest BCUT2D eigenvalue weighted by Crippen LogP contribution is 2.37. The second-order valence-electron chi connectivity index (χ2n) is 10.3. The fourth-order valence-electron chi connectivity index (χ4n) is 4.99. The van der Waals surface area contributed by atoms with E-state index in [4.69, 9.17) is 4.74 Å². The summed E-state index contributed by atoms with van der Waals surface area (Å²) < 4.78 is 24.2. The lowest BCUT2D eigenvalue weighted by molar-refractivity contribution is 0.100. The summed E-state index contributed by atoms with van der Waals surface area (Å²) in [7, 11) is -0.660. The summed E-state index contributed by atoms with van der Waals surface area (Å²) >= 11 is 0. The molecule has 1 atom stereocenters. The van der Waals surface area contributed by atoms with Crippen LogP contribution >= 0.6 is 0 Å². The molecule has 10 nitrogen and oxygen atoms in total. The zero-order valence-corrected chi connectivity index (χ0v) is 24.1. The number of benzene rings is 1. The smallest absolute Gasteiger partial charge is 0.280 e. The summed E-state index contributed by atoms with van der Waals surface area (Å²) in [6, 6.07) is 9.35. The summed E-state index contributed by atoms with van der Waals surface area (Å²) in [6.45, 7) is 9.13. The van der Waals surface area contributed by atoms with Crippen LogP contribution in [0.25, 0.3) is 11.3 Å². The number of anilines is 3. The van der Waals surface area contributed by atoms with Gasteiger partial charge in [0.1, 0.15) is 0 Å². The van der Waals surface area contributed by atoms with Crippen molar-refractivity contribution < 1.29 is 13.7 Å². The second-order valence-corrected chi connectivity index (χ2v) is 13.6. The molecule has 1 aromatic carbocycles. The molecule has 11 heteroatoms. The van der Waals surface area contributed by atoms with Crippen molar-refractivity contribution in [3.05, 3.63) is 47.8 Å². The average Bonchev–Trinajstić information content (AvgIpc) is 3.45. The van der Waals surface area contributed by atoms with Gasteiger partial charge >= 0.3 is 0 Å². The molecule has 2 aromatic heterocycles. The summed E-state index contributed by atoms with van der Waals surface area (Å²) in [5.74, 6) is 2.20. The zero-order chi connectivity index (χ0) is 27.7. The molecular formula is C28H37N7O3S. The van der Waals surface area contributed by atoms with E-state index < -0.39 is 10.1 Å². The van der Waals surface area contributed by atoms with Crippen LogP contribution in [0.15, 0.2) is 41.5 Å². The summed E-state index contributed by atoms with van der Waals surface area (Å²) in [4.78, 5) is 24.8. The Morgan fingerprint density at radius 1 is 1.21 bits per heavy atom. The van der Waals surface area contributed by atoms with Gasteiger partial charge < -0.3 is 19.7 Å². The molecule has 2 aliphatic heterocycles. The lowest BCUT2D eigenvalue weighted by Gasteiger charge is -2.25. The van der Waals surface area contributed by atoms with Crippen LogP contribution in [0, 0.1) is 12.8 Å². The minimum Gasteiger partial charge on any atom is -0.477 e. The maximum absolute atomic E-state index is 13.5. The predicted molar refractivity (Wildman–Crippen MR) is 158 cm³/mol. The third-order valence-corrected chi connectivity index (χ3v) is 10.00. The molecule has 39 heavy (non-hydrogen) atoms. The van der Waals surface area contributed by atoms with Gasteiger partial charge in [-0.2, -0.15) is 10.1 Å². The van der Waals surface area contributed by atoms with Gasteiger partial charge in [0.25, 0.3) is 5.91 Å². The molecule has 0 saturated carbocycles. The average molecular weight is 552 g/mol. The van der Waals surface area contributed by atoms with Crippen molar-refractivity contribution in [1.29, 1.82) is 0 Å². The minimum atomic E-state index is -2.50. The summed E-state index contributed by atoms with van der Waals surface area (Å²) in [5, 5.41) is 7.71. The molecule has 3 aromatic rings. The van der Waals surface area contributed by atoms with Crippen LogP contribution in [0.4, 0.5) is 17.1 Å². The van der Waals surface area contributed by atoms with E-state index in [-0.39, 0.29) is 11.8 Å². The van der Waals surface area contributed by atoms with E-state index in [1.54, 1.807) is 23.0 Å². The fourth-order valence-corrected chi connectivity index (χ4v) is 6.36. The van der Waals surface area contributed by atoms with E-state index >= 15 is 0 Å². The van der Waals surface area contributed by atoms with Crippen molar-refractivity contribution in [2.24, 2.45) is 18.0 Å². The van der Waals surface area contributed by atoms with Crippen molar-refractivity contribution in [2.75, 3.05) is 39.6 Å². The monoisotopic (exact) mass is 551 g/mol. The molecular weight excluding hydrogens is 514 g/mol. The maximum atomic E-state index is 13.5. The number of ether oxygens (including phenoxy) is 1. The van der Waals surface area contributed by atoms with Gasteiger partial charge in [-0.05, 0) is 66.1 Å². The van der Waals surface area contributed by atoms with Crippen molar-refractivity contribution >= 4 is 39.0 Å². The molecule has 0 saturated heterocycles. The van der Waals surface area contributed by atoms with Crippen LogP contribution in [0.5, 0.6) is 5.88 Å². The summed E-state index contributed by atoms with van der Waals surface area (Å²) in [6.07, 6.45) is 3.50. The van der Waals surface area contributed by atoms with Crippen LogP contribution in [0.1, 0.15) is 49.7 Å².